The van der Waals surface area contributed by atoms with E-state index < -0.39 is 0 Å². The Labute approximate surface area is 479 Å². The molecule has 0 amide bonds. The third-order valence-corrected chi connectivity index (χ3v) is 18.5. The van der Waals surface area contributed by atoms with Gasteiger partial charge in [-0.2, -0.15) is 0 Å². The molecule has 83 heavy (non-hydrogen) atoms. The lowest BCUT2D eigenvalue weighted by atomic mass is 9.33. The molecule has 4 nitrogen and oxygen atoms in total. The Morgan fingerprint density at radius 2 is 0.542 bits per heavy atom. The smallest absolute Gasteiger partial charge is 0.252 e. The Kier molecular flexibility index (Phi) is 9.11. The number of nitrogens with zero attached hydrogens (tertiary/aromatic N) is 4. The van der Waals surface area contributed by atoms with E-state index >= 15 is 0 Å². The predicted molar refractivity (Wildman–Crippen MR) is 352 cm³/mol. The van der Waals surface area contributed by atoms with Crippen LogP contribution in [0, 0.1) is 0 Å². The van der Waals surface area contributed by atoms with Gasteiger partial charge in [-0.05, 0) is 134 Å². The zero-order valence-electron chi connectivity index (χ0n) is 45.0. The van der Waals surface area contributed by atoms with Crippen LogP contribution in [0.25, 0.3) is 121 Å². The summed E-state index contributed by atoms with van der Waals surface area (Å²) in [6, 6.07) is 107. The van der Waals surface area contributed by atoms with Crippen molar-refractivity contribution < 1.29 is 0 Å². The van der Waals surface area contributed by atoms with E-state index in [1.54, 1.807) is 0 Å². The molecule has 382 valence electrons. The molecule has 0 radical (unpaired) electrons. The maximum Gasteiger partial charge on any atom is 0.252 e. The topological polar surface area (TPSA) is 15.3 Å². The van der Waals surface area contributed by atoms with Gasteiger partial charge in [0.05, 0.1) is 33.1 Å². The van der Waals surface area contributed by atoms with E-state index in [0.717, 1.165) is 11.4 Å². The fraction of sp³-hybridized carbons (Fsp3) is 0. The highest BCUT2D eigenvalue weighted by atomic mass is 15.2. The van der Waals surface area contributed by atoms with Crippen molar-refractivity contribution in [2.75, 3.05) is 9.80 Å². The van der Waals surface area contributed by atoms with E-state index in [9.17, 15) is 0 Å². The van der Waals surface area contributed by atoms with Gasteiger partial charge >= 0.3 is 0 Å². The molecule has 0 unspecified atom stereocenters. The van der Waals surface area contributed by atoms with E-state index in [2.05, 4.69) is 304 Å². The molecule has 2 aliphatic heterocycles. The fourth-order valence-electron chi connectivity index (χ4n) is 15.0. The summed E-state index contributed by atoms with van der Waals surface area (Å²) in [5, 5.41) is 10.2. The molecular weight excluding hydrogens is 1000 g/mol. The van der Waals surface area contributed by atoms with Crippen LogP contribution in [0.3, 0.4) is 0 Å². The van der Waals surface area contributed by atoms with E-state index in [1.165, 1.54) is 160 Å². The molecule has 13 aromatic carbocycles. The SMILES string of the molecule is c1ccc(-c2cc(-c3ccccc3)cc(N3c4cc5c(cc4B4c6cc7c8cccc9c%10ccccc%10n(c7cc6N(c6cc(-c7ccccc7)cc(-c7ccccc7)c6)c6cccc3c64)c98)c3cccc4c6ccccc6n5c43)c2)cc1. The van der Waals surface area contributed by atoms with Crippen molar-refractivity contribution in [3.8, 4) is 44.5 Å². The number of anilines is 6. The molecule has 6 heterocycles. The lowest BCUT2D eigenvalue weighted by molar-refractivity contribution is 1.25. The molecule has 5 heteroatoms. The van der Waals surface area contributed by atoms with Crippen molar-refractivity contribution in [1.29, 1.82) is 0 Å². The van der Waals surface area contributed by atoms with Crippen molar-refractivity contribution in [2.24, 2.45) is 0 Å². The third kappa shape index (κ3) is 6.25. The first kappa shape index (κ1) is 44.9. The van der Waals surface area contributed by atoms with Crippen LogP contribution in [0.5, 0.6) is 0 Å². The highest BCUT2D eigenvalue weighted by molar-refractivity contribution is 7.00. The molecule has 17 aromatic rings. The van der Waals surface area contributed by atoms with Gasteiger partial charge in [0.2, 0.25) is 0 Å². The van der Waals surface area contributed by atoms with E-state index in [-0.39, 0.29) is 6.71 Å². The summed E-state index contributed by atoms with van der Waals surface area (Å²) in [6.07, 6.45) is 0. The first-order valence-corrected chi connectivity index (χ1v) is 28.9. The second-order valence-electron chi connectivity index (χ2n) is 22.8. The molecule has 0 N–H and O–H groups in total. The van der Waals surface area contributed by atoms with Gasteiger partial charge in [0.15, 0.2) is 0 Å². The summed E-state index contributed by atoms with van der Waals surface area (Å²) in [6.45, 7) is -0.141. The summed E-state index contributed by atoms with van der Waals surface area (Å²) >= 11 is 0. The average molecular weight is 1050 g/mol. The van der Waals surface area contributed by atoms with Crippen molar-refractivity contribution in [2.45, 2.75) is 0 Å². The number of hydrogen-bond acceptors (Lipinski definition) is 2. The van der Waals surface area contributed by atoms with Gasteiger partial charge < -0.3 is 18.6 Å². The third-order valence-electron chi connectivity index (χ3n) is 18.5. The molecule has 0 saturated carbocycles. The molecule has 0 fully saturated rings. The summed E-state index contributed by atoms with van der Waals surface area (Å²) in [5.74, 6) is 0. The van der Waals surface area contributed by atoms with Gasteiger partial charge in [-0.3, -0.25) is 0 Å². The summed E-state index contributed by atoms with van der Waals surface area (Å²) in [4.78, 5) is 5.22. The van der Waals surface area contributed by atoms with Crippen LogP contribution in [-0.4, -0.2) is 15.5 Å². The summed E-state index contributed by atoms with van der Waals surface area (Å²) in [7, 11) is 0. The lowest BCUT2D eigenvalue weighted by Gasteiger charge is -2.44. The zero-order chi connectivity index (χ0) is 54.0. The van der Waals surface area contributed by atoms with Crippen LogP contribution in [-0.2, 0) is 0 Å². The van der Waals surface area contributed by atoms with Crippen molar-refractivity contribution in [3.63, 3.8) is 0 Å². The van der Waals surface area contributed by atoms with Crippen molar-refractivity contribution in [3.05, 3.63) is 285 Å². The second-order valence-corrected chi connectivity index (χ2v) is 22.8. The molecule has 0 aliphatic carbocycles. The quantitative estimate of drug-likeness (QED) is 0.154. The molecule has 0 spiro atoms. The van der Waals surface area contributed by atoms with E-state index in [1.807, 2.05) is 0 Å². The Balaban J connectivity index is 0.969. The second kappa shape index (κ2) is 16.8. The standard InChI is InChI=1S/C78H47BN4/c1-5-20-48(21-6-1)52-38-53(49-22-7-2-8-23-49)41-56(40-52)80-70-36-19-37-71-76(70)79(66-44-64-62-32-17-30-60-58-28-13-15-34-68(58)82(77(60)62)72(64)46-74(66)80)67-45-65-63-33-18-31-61-59-29-14-16-35-69(59)83(78(61)63)73(65)47-75(67)81(71)57-42-54(50-24-9-3-10-25-50)39-55(43-57)51-26-11-4-12-27-51/h1-47H. The van der Waals surface area contributed by atoms with Crippen LogP contribution < -0.4 is 26.2 Å². The molecule has 19 rings (SSSR count). The minimum Gasteiger partial charge on any atom is -0.311 e. The first-order valence-electron chi connectivity index (χ1n) is 28.9. The molecule has 0 saturated heterocycles. The highest BCUT2D eigenvalue weighted by Gasteiger charge is 2.45. The normalized spacial score (nSPS) is 13.0. The molecule has 0 atom stereocenters. The van der Waals surface area contributed by atoms with E-state index in [4.69, 9.17) is 0 Å². The van der Waals surface area contributed by atoms with E-state index in [0.29, 0.717) is 0 Å². The molecule has 0 bridgehead atoms. The maximum absolute atomic E-state index is 2.61. The Hall–Kier alpha value is -10.9. The average Bonchev–Trinajstić information content (AvgIpc) is 1.87. The van der Waals surface area contributed by atoms with Gasteiger partial charge in [0, 0.05) is 77.2 Å². The van der Waals surface area contributed by atoms with Crippen LogP contribution in [0.15, 0.2) is 285 Å². The number of para-hydroxylation sites is 4. The fourth-order valence-corrected chi connectivity index (χ4v) is 15.0. The zero-order valence-corrected chi connectivity index (χ0v) is 45.0. The van der Waals surface area contributed by atoms with Gasteiger partial charge in [-0.25, -0.2) is 0 Å². The number of aromatic nitrogens is 2. The monoisotopic (exact) mass is 1050 g/mol. The minimum atomic E-state index is -0.141. The molecule has 4 aromatic heterocycles. The summed E-state index contributed by atoms with van der Waals surface area (Å²) < 4.78 is 5.09. The Morgan fingerprint density at radius 3 is 0.928 bits per heavy atom. The number of hydrogen-bond donors (Lipinski definition) is 0. The maximum atomic E-state index is 2.61. The van der Waals surface area contributed by atoms with Gasteiger partial charge in [-0.1, -0.05) is 212 Å². The van der Waals surface area contributed by atoms with Crippen molar-refractivity contribution >= 4 is 133 Å². The van der Waals surface area contributed by atoms with Gasteiger partial charge in [0.1, 0.15) is 0 Å². The predicted octanol–water partition coefficient (Wildman–Crippen LogP) is 18.7. The van der Waals surface area contributed by atoms with Crippen molar-refractivity contribution in [1.82, 2.24) is 8.80 Å². The largest absolute Gasteiger partial charge is 0.311 e. The van der Waals surface area contributed by atoms with Crippen LogP contribution in [0.4, 0.5) is 34.1 Å². The number of benzene rings is 13. The van der Waals surface area contributed by atoms with Gasteiger partial charge in [-0.15, -0.1) is 0 Å². The Bertz CT molecular complexity index is 5060. The molecule has 2 aliphatic rings. The Morgan fingerprint density at radius 1 is 0.217 bits per heavy atom. The molecular formula is C78H47BN4. The van der Waals surface area contributed by atoms with Crippen LogP contribution in [0.2, 0.25) is 0 Å². The number of fused-ring (bicyclic) bond motifs is 16. The first-order chi connectivity index (χ1) is 41.2. The van der Waals surface area contributed by atoms with Crippen LogP contribution in [0.1, 0.15) is 0 Å². The minimum absolute atomic E-state index is 0.141. The lowest BCUT2D eigenvalue weighted by Crippen LogP contribution is -2.61. The van der Waals surface area contributed by atoms with Gasteiger partial charge in [0.25, 0.3) is 6.71 Å². The summed E-state index contributed by atoms with van der Waals surface area (Å²) in [5.41, 5.74) is 27.6. The number of rotatable bonds is 6. The highest BCUT2D eigenvalue weighted by Crippen LogP contribution is 2.50. The van der Waals surface area contributed by atoms with Crippen LogP contribution >= 0.6 is 0 Å².